The van der Waals surface area contributed by atoms with Crippen molar-refractivity contribution in [1.82, 2.24) is 0 Å². The molecule has 1 aliphatic carbocycles. The fourth-order valence-electron chi connectivity index (χ4n) is 3.60. The number of hydrogen-bond acceptors (Lipinski definition) is 6. The fraction of sp³-hybridized carbons (Fsp3) is 0.273. The molecule has 0 aliphatic heterocycles. The van der Waals surface area contributed by atoms with Gasteiger partial charge in [0.25, 0.3) is 0 Å². The van der Waals surface area contributed by atoms with Crippen LogP contribution in [-0.2, 0) is 24.2 Å². The standard InChI is InChI=1S/C22H20O6/c1-25-16-6-7-17(19(11-16)26-2)22(24)27-12-15-10-21(23)28-20-9-14-5-3-4-13(14)8-18(15)20/h6-11H,3-5,12H2,1-2H3. The number of aryl methyl sites for hydroxylation is 2. The van der Waals surface area contributed by atoms with E-state index in [1.807, 2.05) is 12.1 Å². The summed E-state index contributed by atoms with van der Waals surface area (Å²) in [7, 11) is 3.01. The smallest absolute Gasteiger partial charge is 0.342 e. The lowest BCUT2D eigenvalue weighted by Gasteiger charge is -2.11. The number of methoxy groups -OCH3 is 2. The Morgan fingerprint density at radius 3 is 2.57 bits per heavy atom. The van der Waals surface area contributed by atoms with Crippen LogP contribution in [0.2, 0.25) is 0 Å². The maximum absolute atomic E-state index is 12.6. The lowest BCUT2D eigenvalue weighted by atomic mass is 10.0. The number of fused-ring (bicyclic) bond motifs is 2. The molecule has 6 heteroatoms. The van der Waals surface area contributed by atoms with Gasteiger partial charge in [0.15, 0.2) is 0 Å². The maximum atomic E-state index is 12.6. The number of esters is 1. The van der Waals surface area contributed by atoms with E-state index in [4.69, 9.17) is 18.6 Å². The third-order valence-electron chi connectivity index (χ3n) is 5.03. The van der Waals surface area contributed by atoms with Gasteiger partial charge in [0.05, 0.1) is 14.2 Å². The second kappa shape index (κ2) is 7.38. The predicted molar refractivity (Wildman–Crippen MR) is 103 cm³/mol. The van der Waals surface area contributed by atoms with E-state index < -0.39 is 11.6 Å². The third kappa shape index (κ3) is 3.33. The van der Waals surface area contributed by atoms with Gasteiger partial charge in [0.1, 0.15) is 29.3 Å². The Kier molecular flexibility index (Phi) is 4.77. The molecule has 144 valence electrons. The zero-order chi connectivity index (χ0) is 19.7. The van der Waals surface area contributed by atoms with E-state index in [9.17, 15) is 9.59 Å². The molecule has 0 fully saturated rings. The van der Waals surface area contributed by atoms with Crippen molar-refractivity contribution in [3.05, 3.63) is 69.1 Å². The van der Waals surface area contributed by atoms with Crippen LogP contribution in [0.3, 0.4) is 0 Å². The SMILES string of the molecule is COc1ccc(C(=O)OCc2cc(=O)oc3cc4c(cc23)CCC4)c(OC)c1. The third-order valence-corrected chi connectivity index (χ3v) is 5.03. The summed E-state index contributed by atoms with van der Waals surface area (Å²) in [6, 6.07) is 10.2. The van der Waals surface area contributed by atoms with Gasteiger partial charge < -0.3 is 18.6 Å². The minimum absolute atomic E-state index is 0.0328. The van der Waals surface area contributed by atoms with Crippen LogP contribution in [0, 0.1) is 0 Å². The highest BCUT2D eigenvalue weighted by Gasteiger charge is 2.18. The zero-order valence-electron chi connectivity index (χ0n) is 15.7. The molecular formula is C22H20O6. The summed E-state index contributed by atoms with van der Waals surface area (Å²) in [6.07, 6.45) is 3.09. The van der Waals surface area contributed by atoms with E-state index in [0.717, 1.165) is 24.6 Å². The molecule has 1 aliphatic rings. The Morgan fingerprint density at radius 1 is 1.04 bits per heavy atom. The van der Waals surface area contributed by atoms with Gasteiger partial charge in [-0.1, -0.05) is 0 Å². The first-order valence-corrected chi connectivity index (χ1v) is 9.06. The lowest BCUT2D eigenvalue weighted by Crippen LogP contribution is -2.09. The molecule has 0 saturated heterocycles. The number of ether oxygens (including phenoxy) is 3. The monoisotopic (exact) mass is 380 g/mol. The van der Waals surface area contributed by atoms with E-state index in [0.29, 0.717) is 22.6 Å². The Labute approximate surface area is 161 Å². The fourth-order valence-corrected chi connectivity index (χ4v) is 3.60. The average Bonchev–Trinajstić information content (AvgIpc) is 3.16. The van der Waals surface area contributed by atoms with Gasteiger partial charge in [0.2, 0.25) is 0 Å². The molecule has 0 amide bonds. The van der Waals surface area contributed by atoms with E-state index in [2.05, 4.69) is 0 Å². The molecule has 1 heterocycles. The van der Waals surface area contributed by atoms with Gasteiger partial charge >= 0.3 is 11.6 Å². The highest BCUT2D eigenvalue weighted by atomic mass is 16.5. The zero-order valence-corrected chi connectivity index (χ0v) is 15.7. The number of carbonyl (C=O) groups is 1. The van der Waals surface area contributed by atoms with Gasteiger partial charge in [-0.2, -0.15) is 0 Å². The summed E-state index contributed by atoms with van der Waals surface area (Å²) in [4.78, 5) is 24.5. The molecule has 2 aromatic carbocycles. The number of benzene rings is 2. The van der Waals surface area contributed by atoms with Crippen LogP contribution in [0.15, 0.2) is 45.6 Å². The first-order valence-electron chi connectivity index (χ1n) is 9.06. The van der Waals surface area contributed by atoms with E-state index >= 15 is 0 Å². The topological polar surface area (TPSA) is 75.0 Å². The summed E-state index contributed by atoms with van der Waals surface area (Å²) in [5.74, 6) is 0.399. The number of hydrogen-bond donors (Lipinski definition) is 0. The number of carbonyl (C=O) groups excluding carboxylic acids is 1. The summed E-state index contributed by atoms with van der Waals surface area (Å²) in [5, 5.41) is 0.801. The van der Waals surface area contributed by atoms with Crippen molar-refractivity contribution >= 4 is 16.9 Å². The van der Waals surface area contributed by atoms with Crippen molar-refractivity contribution in [1.29, 1.82) is 0 Å². The minimum Gasteiger partial charge on any atom is -0.497 e. The van der Waals surface area contributed by atoms with Gasteiger partial charge in [-0.25, -0.2) is 9.59 Å². The first kappa shape index (κ1) is 18.1. The molecule has 0 unspecified atom stereocenters. The van der Waals surface area contributed by atoms with Gasteiger partial charge in [-0.3, -0.25) is 0 Å². The molecule has 0 atom stereocenters. The van der Waals surface area contributed by atoms with Crippen LogP contribution in [-0.4, -0.2) is 20.2 Å². The van der Waals surface area contributed by atoms with Crippen LogP contribution in [0.1, 0.15) is 33.5 Å². The van der Waals surface area contributed by atoms with Crippen molar-refractivity contribution in [2.45, 2.75) is 25.9 Å². The summed E-state index contributed by atoms with van der Waals surface area (Å²) in [5.41, 5.74) is 3.46. The molecule has 1 aromatic heterocycles. The summed E-state index contributed by atoms with van der Waals surface area (Å²) < 4.78 is 21.2. The Morgan fingerprint density at radius 2 is 1.82 bits per heavy atom. The highest BCUT2D eigenvalue weighted by molar-refractivity contribution is 5.93. The van der Waals surface area contributed by atoms with Crippen molar-refractivity contribution in [3.63, 3.8) is 0 Å². The van der Waals surface area contributed by atoms with Crippen LogP contribution < -0.4 is 15.1 Å². The van der Waals surface area contributed by atoms with E-state index in [-0.39, 0.29) is 12.2 Å². The Bertz CT molecular complexity index is 1110. The summed E-state index contributed by atoms with van der Waals surface area (Å²) >= 11 is 0. The van der Waals surface area contributed by atoms with E-state index in [1.54, 1.807) is 18.2 Å². The molecule has 0 radical (unpaired) electrons. The molecule has 0 spiro atoms. The van der Waals surface area contributed by atoms with E-state index in [1.165, 1.54) is 31.4 Å². The molecule has 28 heavy (non-hydrogen) atoms. The molecule has 0 bridgehead atoms. The average molecular weight is 380 g/mol. The largest absolute Gasteiger partial charge is 0.497 e. The highest BCUT2D eigenvalue weighted by Crippen LogP contribution is 2.29. The van der Waals surface area contributed by atoms with Crippen molar-refractivity contribution in [2.75, 3.05) is 14.2 Å². The molecule has 3 aromatic rings. The molecule has 0 N–H and O–H groups in total. The van der Waals surface area contributed by atoms with Crippen molar-refractivity contribution in [3.8, 4) is 11.5 Å². The van der Waals surface area contributed by atoms with Crippen molar-refractivity contribution in [2.24, 2.45) is 0 Å². The molecule has 6 nitrogen and oxygen atoms in total. The lowest BCUT2D eigenvalue weighted by molar-refractivity contribution is 0.0470. The van der Waals surface area contributed by atoms with Crippen LogP contribution in [0.25, 0.3) is 11.0 Å². The second-order valence-electron chi connectivity index (χ2n) is 6.70. The maximum Gasteiger partial charge on any atom is 0.342 e. The Hall–Kier alpha value is -3.28. The van der Waals surface area contributed by atoms with Crippen LogP contribution >= 0.6 is 0 Å². The predicted octanol–water partition coefficient (Wildman–Crippen LogP) is 3.66. The normalized spacial score (nSPS) is 12.6. The van der Waals surface area contributed by atoms with Crippen molar-refractivity contribution < 1.29 is 23.4 Å². The van der Waals surface area contributed by atoms with Gasteiger partial charge in [0, 0.05) is 23.1 Å². The summed E-state index contributed by atoms with van der Waals surface area (Å²) in [6.45, 7) is -0.0328. The van der Waals surface area contributed by atoms with Crippen LogP contribution in [0.5, 0.6) is 11.5 Å². The minimum atomic E-state index is -0.540. The van der Waals surface area contributed by atoms with Gasteiger partial charge in [-0.15, -0.1) is 0 Å². The Balaban J connectivity index is 1.62. The van der Waals surface area contributed by atoms with Gasteiger partial charge in [-0.05, 0) is 54.7 Å². The first-order chi connectivity index (χ1) is 13.6. The second-order valence-corrected chi connectivity index (χ2v) is 6.70. The molecule has 0 saturated carbocycles. The molecular weight excluding hydrogens is 360 g/mol. The van der Waals surface area contributed by atoms with Crippen LogP contribution in [0.4, 0.5) is 0 Å². The number of rotatable bonds is 5. The quantitative estimate of drug-likeness (QED) is 0.497. The molecule has 4 rings (SSSR count).